The van der Waals surface area contributed by atoms with Gasteiger partial charge in [0, 0.05) is 36.3 Å². The van der Waals surface area contributed by atoms with E-state index in [2.05, 4.69) is 25.6 Å². The maximum absolute atomic E-state index is 14.7. The van der Waals surface area contributed by atoms with Crippen LogP contribution in [-0.4, -0.2) is 28.0 Å². The molecule has 2 aromatic heterocycles. The molecule has 0 unspecified atom stereocenters. The van der Waals surface area contributed by atoms with Gasteiger partial charge in [-0.3, -0.25) is 4.79 Å². The molecule has 35 heavy (non-hydrogen) atoms. The quantitative estimate of drug-likeness (QED) is 0.347. The lowest BCUT2D eigenvalue weighted by molar-refractivity contribution is 0.102. The van der Waals surface area contributed by atoms with E-state index >= 15 is 0 Å². The summed E-state index contributed by atoms with van der Waals surface area (Å²) in [6.45, 7) is 0. The molecule has 12 heteroatoms. The van der Waals surface area contributed by atoms with Crippen molar-refractivity contribution >= 4 is 28.9 Å². The van der Waals surface area contributed by atoms with E-state index in [9.17, 15) is 18.0 Å². The third-order valence-electron chi connectivity index (χ3n) is 4.55. The van der Waals surface area contributed by atoms with Gasteiger partial charge in [-0.25, -0.2) is 23.1 Å². The Hall–Kier alpha value is -4.87. The predicted octanol–water partition coefficient (Wildman–Crippen LogP) is 4.67. The molecule has 0 fully saturated rings. The highest BCUT2D eigenvalue weighted by molar-refractivity contribution is 6.07. The lowest BCUT2D eigenvalue weighted by Gasteiger charge is -2.13. The molecule has 0 saturated heterocycles. The molecule has 0 aliphatic carbocycles. The normalized spacial score (nSPS) is 10.5. The number of carbonyl (C=O) groups is 1. The second kappa shape index (κ2) is 9.95. The first-order chi connectivity index (χ1) is 16.8. The maximum atomic E-state index is 14.7. The van der Waals surface area contributed by atoms with Crippen molar-refractivity contribution in [2.75, 3.05) is 23.5 Å². The number of nitrogen functional groups attached to an aromatic ring is 1. The Morgan fingerprint density at radius 2 is 1.83 bits per heavy atom. The van der Waals surface area contributed by atoms with Crippen LogP contribution in [0.2, 0.25) is 0 Å². The number of aromatic nitrogens is 3. The minimum atomic E-state index is -0.962. The number of nitrogens with two attached hydrogens (primary N) is 1. The van der Waals surface area contributed by atoms with Crippen LogP contribution in [0.5, 0.6) is 17.5 Å². The summed E-state index contributed by atoms with van der Waals surface area (Å²) in [5.41, 5.74) is 5.46. The Labute approximate surface area is 196 Å². The maximum Gasteiger partial charge on any atom is 0.318 e. The van der Waals surface area contributed by atoms with Crippen LogP contribution in [0, 0.1) is 17.5 Å². The highest BCUT2D eigenvalue weighted by Crippen LogP contribution is 2.29. The van der Waals surface area contributed by atoms with E-state index in [1.54, 1.807) is 0 Å². The molecule has 0 bridgehead atoms. The fraction of sp³-hybridized carbons (Fsp3) is 0.0435. The zero-order valence-corrected chi connectivity index (χ0v) is 18.1. The van der Waals surface area contributed by atoms with Crippen LogP contribution in [0.15, 0.2) is 60.9 Å². The third-order valence-corrected chi connectivity index (χ3v) is 4.55. The van der Waals surface area contributed by atoms with Crippen molar-refractivity contribution in [3.63, 3.8) is 0 Å². The Kier molecular flexibility index (Phi) is 6.62. The molecule has 0 atom stereocenters. The lowest BCUT2D eigenvalue weighted by atomic mass is 10.2. The van der Waals surface area contributed by atoms with Crippen molar-refractivity contribution < 1.29 is 27.4 Å². The molecular formula is C23H17F3N6O3. The summed E-state index contributed by atoms with van der Waals surface area (Å²) in [7, 11) is 1.32. The van der Waals surface area contributed by atoms with E-state index < -0.39 is 23.4 Å². The summed E-state index contributed by atoms with van der Waals surface area (Å²) >= 11 is 0. The molecule has 4 N–H and O–H groups in total. The van der Waals surface area contributed by atoms with Crippen molar-refractivity contribution in [1.82, 2.24) is 15.0 Å². The van der Waals surface area contributed by atoms with E-state index in [-0.39, 0.29) is 40.3 Å². The van der Waals surface area contributed by atoms with E-state index in [4.69, 9.17) is 15.2 Å². The lowest BCUT2D eigenvalue weighted by Crippen LogP contribution is -2.16. The summed E-state index contributed by atoms with van der Waals surface area (Å²) in [5, 5.41) is 5.13. The molecule has 0 aliphatic heterocycles. The molecule has 0 saturated carbocycles. The monoisotopic (exact) mass is 482 g/mol. The van der Waals surface area contributed by atoms with Crippen molar-refractivity contribution in [2.45, 2.75) is 0 Å². The van der Waals surface area contributed by atoms with E-state index in [0.717, 1.165) is 24.4 Å². The standard InChI is InChI=1S/C23H17F3N6O3/c1-34-23-29-11-15(22(33)31-18-4-2-12(24)8-16(18)25)21(32-23)30-13-3-5-19(17(26)9-13)35-14-6-7-28-20(27)10-14/h2-11H,1H3,(H2,27,28)(H,31,33)(H,29,30,32). The van der Waals surface area contributed by atoms with E-state index in [1.165, 1.54) is 37.6 Å². The second-order valence-corrected chi connectivity index (χ2v) is 6.99. The average molecular weight is 482 g/mol. The summed E-state index contributed by atoms with van der Waals surface area (Å²) in [6.07, 6.45) is 2.57. The minimum Gasteiger partial charge on any atom is -0.467 e. The Bertz CT molecular complexity index is 1400. The number of rotatable bonds is 7. The zero-order valence-electron chi connectivity index (χ0n) is 18.1. The number of anilines is 4. The average Bonchev–Trinajstić information content (AvgIpc) is 2.82. The second-order valence-electron chi connectivity index (χ2n) is 6.99. The first-order valence-corrected chi connectivity index (χ1v) is 9.96. The van der Waals surface area contributed by atoms with Gasteiger partial charge in [0.25, 0.3) is 5.91 Å². The summed E-state index contributed by atoms with van der Waals surface area (Å²) in [5.74, 6) is -2.89. The van der Waals surface area contributed by atoms with Crippen LogP contribution in [0.3, 0.4) is 0 Å². The van der Waals surface area contributed by atoms with Gasteiger partial charge in [-0.1, -0.05) is 0 Å². The Morgan fingerprint density at radius 1 is 1.00 bits per heavy atom. The molecule has 0 aliphatic rings. The van der Waals surface area contributed by atoms with Crippen LogP contribution < -0.4 is 25.8 Å². The summed E-state index contributed by atoms with van der Waals surface area (Å²) in [4.78, 5) is 24.6. The van der Waals surface area contributed by atoms with Gasteiger partial charge < -0.3 is 25.8 Å². The largest absolute Gasteiger partial charge is 0.467 e. The van der Waals surface area contributed by atoms with Crippen molar-refractivity contribution in [3.8, 4) is 17.5 Å². The Balaban J connectivity index is 1.58. The zero-order chi connectivity index (χ0) is 24.9. The van der Waals surface area contributed by atoms with Crippen molar-refractivity contribution in [3.05, 3.63) is 83.9 Å². The van der Waals surface area contributed by atoms with Gasteiger partial charge in [0.1, 0.15) is 28.8 Å². The highest BCUT2D eigenvalue weighted by atomic mass is 19.1. The fourth-order valence-electron chi connectivity index (χ4n) is 2.92. The molecule has 2 heterocycles. The highest BCUT2D eigenvalue weighted by Gasteiger charge is 2.18. The number of ether oxygens (including phenoxy) is 2. The molecule has 2 aromatic carbocycles. The number of amides is 1. The van der Waals surface area contributed by atoms with Gasteiger partial charge in [-0.2, -0.15) is 4.98 Å². The molecule has 4 rings (SSSR count). The number of hydrogen-bond donors (Lipinski definition) is 3. The van der Waals surface area contributed by atoms with Gasteiger partial charge in [0.05, 0.1) is 12.8 Å². The predicted molar refractivity (Wildman–Crippen MR) is 121 cm³/mol. The molecule has 4 aromatic rings. The van der Waals surface area contributed by atoms with Crippen molar-refractivity contribution in [1.29, 1.82) is 0 Å². The van der Waals surface area contributed by atoms with Crippen LogP contribution in [0.4, 0.5) is 36.2 Å². The minimum absolute atomic E-state index is 0.0492. The number of benzene rings is 2. The van der Waals surface area contributed by atoms with Gasteiger partial charge in [0.15, 0.2) is 17.4 Å². The summed E-state index contributed by atoms with van der Waals surface area (Å²) < 4.78 is 52.3. The number of methoxy groups -OCH3 is 1. The van der Waals surface area contributed by atoms with E-state index in [1.807, 2.05) is 0 Å². The Morgan fingerprint density at radius 3 is 2.54 bits per heavy atom. The van der Waals surface area contributed by atoms with Crippen LogP contribution >= 0.6 is 0 Å². The number of nitrogens with zero attached hydrogens (tertiary/aromatic N) is 3. The molecule has 9 nitrogen and oxygen atoms in total. The van der Waals surface area contributed by atoms with Crippen LogP contribution in [0.25, 0.3) is 0 Å². The number of halogens is 3. The third kappa shape index (κ3) is 5.55. The first-order valence-electron chi connectivity index (χ1n) is 9.96. The molecule has 178 valence electrons. The topological polar surface area (TPSA) is 124 Å². The number of nitrogens with one attached hydrogen (secondary N) is 2. The van der Waals surface area contributed by atoms with Gasteiger partial charge in [-0.05, 0) is 30.3 Å². The summed E-state index contributed by atoms with van der Waals surface area (Å²) in [6, 6.07) is 9.55. The van der Waals surface area contributed by atoms with Crippen LogP contribution in [-0.2, 0) is 0 Å². The van der Waals surface area contributed by atoms with Gasteiger partial charge in [-0.15, -0.1) is 0 Å². The van der Waals surface area contributed by atoms with Crippen molar-refractivity contribution in [2.24, 2.45) is 0 Å². The SMILES string of the molecule is COc1ncc(C(=O)Nc2ccc(F)cc2F)c(Nc2ccc(Oc3ccnc(N)c3)c(F)c2)n1. The van der Waals surface area contributed by atoms with E-state index in [0.29, 0.717) is 11.8 Å². The smallest absolute Gasteiger partial charge is 0.318 e. The van der Waals surface area contributed by atoms with Crippen LogP contribution in [0.1, 0.15) is 10.4 Å². The molecule has 1 amide bonds. The first kappa shape index (κ1) is 23.3. The number of carbonyl (C=O) groups excluding carboxylic acids is 1. The molecule has 0 radical (unpaired) electrons. The fourth-order valence-corrected chi connectivity index (χ4v) is 2.92. The molecular weight excluding hydrogens is 465 g/mol. The van der Waals surface area contributed by atoms with Gasteiger partial charge >= 0.3 is 6.01 Å². The number of pyridine rings is 1. The number of hydrogen-bond acceptors (Lipinski definition) is 8. The molecule has 0 spiro atoms. The van der Waals surface area contributed by atoms with Gasteiger partial charge in [0.2, 0.25) is 0 Å².